The number of hydrogen-bond donors (Lipinski definition) is 2. The first-order valence-corrected chi connectivity index (χ1v) is 8.96. The monoisotopic (exact) mass is 498 g/mol. The predicted molar refractivity (Wildman–Crippen MR) is 115 cm³/mol. The van der Waals surface area contributed by atoms with Gasteiger partial charge in [-0.25, -0.2) is 4.98 Å². The highest BCUT2D eigenvalue weighted by Crippen LogP contribution is 2.25. The molecule has 0 saturated carbocycles. The Balaban J connectivity index is 0.00000288. The van der Waals surface area contributed by atoms with Crippen molar-refractivity contribution in [3.63, 3.8) is 0 Å². The van der Waals surface area contributed by atoms with Crippen molar-refractivity contribution >= 4 is 64.5 Å². The summed E-state index contributed by atoms with van der Waals surface area (Å²) in [5.41, 5.74) is 2.08. The highest BCUT2D eigenvalue weighted by Gasteiger charge is 2.11. The Morgan fingerprint density at radius 2 is 2.12 bits per heavy atom. The van der Waals surface area contributed by atoms with Crippen molar-refractivity contribution in [2.75, 3.05) is 13.6 Å². The molecule has 1 aromatic heterocycles. The summed E-state index contributed by atoms with van der Waals surface area (Å²) in [4.78, 5) is 8.69. The molecule has 0 radical (unpaired) electrons. The van der Waals surface area contributed by atoms with Gasteiger partial charge in [-0.3, -0.25) is 4.99 Å². The number of benzene rings is 1. The molecule has 1 aromatic carbocycles. The van der Waals surface area contributed by atoms with E-state index in [0.717, 1.165) is 35.2 Å². The fraction of sp³-hybridized carbons (Fsp3) is 0.375. The van der Waals surface area contributed by atoms with Crippen LogP contribution < -0.4 is 10.6 Å². The maximum Gasteiger partial charge on any atom is 0.191 e. The number of aliphatic imine (C=N–C) groups is 1. The number of thiazole rings is 1. The Labute approximate surface area is 174 Å². The molecule has 4 nitrogen and oxygen atoms in total. The molecule has 1 unspecified atom stereocenters. The van der Waals surface area contributed by atoms with Gasteiger partial charge >= 0.3 is 0 Å². The van der Waals surface area contributed by atoms with E-state index in [2.05, 4.69) is 26.0 Å². The Hall–Kier alpha value is -0.570. The molecule has 0 fully saturated rings. The zero-order valence-electron chi connectivity index (χ0n) is 13.8. The molecule has 1 atom stereocenters. The number of halogens is 3. The summed E-state index contributed by atoms with van der Waals surface area (Å²) in [6.45, 7) is 4.81. The van der Waals surface area contributed by atoms with Gasteiger partial charge in [0.05, 0.1) is 16.7 Å². The fourth-order valence-electron chi connectivity index (χ4n) is 2.16. The van der Waals surface area contributed by atoms with E-state index >= 15 is 0 Å². The lowest BCUT2D eigenvalue weighted by Gasteiger charge is -2.19. The minimum atomic E-state index is 0. The van der Waals surface area contributed by atoms with E-state index in [1.165, 1.54) is 0 Å². The molecule has 8 heteroatoms. The number of nitrogens with zero attached hydrogens (tertiary/aromatic N) is 2. The van der Waals surface area contributed by atoms with Crippen molar-refractivity contribution in [2.45, 2.75) is 26.3 Å². The SMILES string of the molecule is CN=C(NCCc1csc(C)n1)NC(C)c1ccc(Cl)cc1Cl.I. The molecular weight excluding hydrogens is 478 g/mol. The van der Waals surface area contributed by atoms with E-state index in [0.29, 0.717) is 10.0 Å². The molecule has 1 heterocycles. The third-order valence-corrected chi connectivity index (χ3v) is 4.73. The average Bonchev–Trinajstić information content (AvgIpc) is 2.91. The first-order chi connectivity index (χ1) is 11.0. The Morgan fingerprint density at radius 1 is 1.38 bits per heavy atom. The molecule has 0 saturated heterocycles. The number of rotatable bonds is 5. The minimum absolute atomic E-state index is 0. The lowest BCUT2D eigenvalue weighted by atomic mass is 10.1. The van der Waals surface area contributed by atoms with E-state index < -0.39 is 0 Å². The van der Waals surface area contributed by atoms with Crippen LogP contribution in [0.15, 0.2) is 28.6 Å². The molecule has 0 aliphatic rings. The van der Waals surface area contributed by atoms with Crippen molar-refractivity contribution in [2.24, 2.45) is 4.99 Å². The lowest BCUT2D eigenvalue weighted by Crippen LogP contribution is -2.39. The third kappa shape index (κ3) is 6.38. The smallest absolute Gasteiger partial charge is 0.191 e. The first-order valence-electron chi connectivity index (χ1n) is 7.32. The molecule has 24 heavy (non-hydrogen) atoms. The zero-order chi connectivity index (χ0) is 16.8. The van der Waals surface area contributed by atoms with Crippen LogP contribution in [-0.2, 0) is 6.42 Å². The van der Waals surface area contributed by atoms with Crippen LogP contribution in [-0.4, -0.2) is 24.5 Å². The van der Waals surface area contributed by atoms with E-state index in [-0.39, 0.29) is 30.0 Å². The summed E-state index contributed by atoms with van der Waals surface area (Å²) < 4.78 is 0. The number of aromatic nitrogens is 1. The predicted octanol–water partition coefficient (Wildman–Crippen LogP) is 4.85. The molecule has 132 valence electrons. The molecule has 0 bridgehead atoms. The average molecular weight is 499 g/mol. The molecule has 0 aliphatic carbocycles. The van der Waals surface area contributed by atoms with Crippen molar-refractivity contribution in [1.82, 2.24) is 15.6 Å². The van der Waals surface area contributed by atoms with Gasteiger partial charge in [0.15, 0.2) is 5.96 Å². The Bertz CT molecular complexity index is 690. The summed E-state index contributed by atoms with van der Waals surface area (Å²) in [6, 6.07) is 5.53. The molecule has 2 rings (SSSR count). The van der Waals surface area contributed by atoms with Gasteiger partial charge in [-0.15, -0.1) is 35.3 Å². The lowest BCUT2D eigenvalue weighted by molar-refractivity contribution is 0.683. The molecule has 2 N–H and O–H groups in total. The van der Waals surface area contributed by atoms with E-state index in [1.54, 1.807) is 24.5 Å². The number of aryl methyl sites for hydroxylation is 1. The van der Waals surface area contributed by atoms with Crippen LogP contribution in [0, 0.1) is 6.92 Å². The molecule has 2 aromatic rings. The standard InChI is InChI=1S/C16H20Cl2N4S.HI/c1-10(14-5-4-12(17)8-15(14)18)21-16(19-3)20-7-6-13-9-23-11(2)22-13;/h4-5,8-10H,6-7H2,1-3H3,(H2,19,20,21);1H. The fourth-order valence-corrected chi connectivity index (χ4v) is 3.38. The van der Waals surface area contributed by atoms with Gasteiger partial charge in [0.25, 0.3) is 0 Å². The molecule has 0 aliphatic heterocycles. The van der Waals surface area contributed by atoms with Crippen molar-refractivity contribution in [3.05, 3.63) is 49.9 Å². The van der Waals surface area contributed by atoms with Gasteiger partial charge in [-0.05, 0) is 31.5 Å². The van der Waals surface area contributed by atoms with Crippen LogP contribution in [0.25, 0.3) is 0 Å². The van der Waals surface area contributed by atoms with Gasteiger partial charge < -0.3 is 10.6 Å². The second-order valence-corrected chi connectivity index (χ2v) is 7.04. The zero-order valence-corrected chi connectivity index (χ0v) is 18.4. The minimum Gasteiger partial charge on any atom is -0.356 e. The van der Waals surface area contributed by atoms with Gasteiger partial charge in [0, 0.05) is 35.4 Å². The second kappa shape index (κ2) is 10.4. The largest absolute Gasteiger partial charge is 0.356 e. The van der Waals surface area contributed by atoms with Crippen LogP contribution >= 0.6 is 58.5 Å². The van der Waals surface area contributed by atoms with Crippen molar-refractivity contribution in [3.8, 4) is 0 Å². The Morgan fingerprint density at radius 3 is 2.71 bits per heavy atom. The van der Waals surface area contributed by atoms with Crippen LogP contribution in [0.3, 0.4) is 0 Å². The third-order valence-electron chi connectivity index (χ3n) is 3.35. The molecule has 0 spiro atoms. The number of hydrogen-bond acceptors (Lipinski definition) is 3. The molecule has 0 amide bonds. The number of guanidine groups is 1. The first kappa shape index (κ1) is 21.5. The summed E-state index contributed by atoms with van der Waals surface area (Å²) in [7, 11) is 1.75. The van der Waals surface area contributed by atoms with Crippen molar-refractivity contribution < 1.29 is 0 Å². The highest BCUT2D eigenvalue weighted by atomic mass is 127. The summed E-state index contributed by atoms with van der Waals surface area (Å²) >= 11 is 13.9. The second-order valence-electron chi connectivity index (χ2n) is 5.14. The summed E-state index contributed by atoms with van der Waals surface area (Å²) in [5, 5.41) is 11.1. The maximum atomic E-state index is 6.25. The van der Waals surface area contributed by atoms with Gasteiger partial charge in [0.2, 0.25) is 0 Å². The van der Waals surface area contributed by atoms with Gasteiger partial charge in [0.1, 0.15) is 0 Å². The normalized spacial score (nSPS) is 12.5. The van der Waals surface area contributed by atoms with E-state index in [9.17, 15) is 0 Å². The van der Waals surface area contributed by atoms with Crippen LogP contribution in [0.5, 0.6) is 0 Å². The number of nitrogens with one attached hydrogen (secondary N) is 2. The van der Waals surface area contributed by atoms with Crippen LogP contribution in [0.4, 0.5) is 0 Å². The highest BCUT2D eigenvalue weighted by molar-refractivity contribution is 14.0. The molecular formula is C16H21Cl2IN4S. The van der Waals surface area contributed by atoms with Gasteiger partial charge in [-0.2, -0.15) is 0 Å². The maximum absolute atomic E-state index is 6.25. The Kier molecular flexibility index (Phi) is 9.33. The van der Waals surface area contributed by atoms with Gasteiger partial charge in [-0.1, -0.05) is 29.3 Å². The van der Waals surface area contributed by atoms with E-state index in [4.69, 9.17) is 23.2 Å². The van der Waals surface area contributed by atoms with E-state index in [1.807, 2.05) is 26.0 Å². The van der Waals surface area contributed by atoms with Crippen LogP contribution in [0.2, 0.25) is 10.0 Å². The quantitative estimate of drug-likeness (QED) is 0.352. The summed E-state index contributed by atoms with van der Waals surface area (Å²) in [6.07, 6.45) is 0.862. The van der Waals surface area contributed by atoms with Crippen LogP contribution in [0.1, 0.15) is 29.2 Å². The topological polar surface area (TPSA) is 49.3 Å². The summed E-state index contributed by atoms with van der Waals surface area (Å²) in [5.74, 6) is 0.732. The van der Waals surface area contributed by atoms with Crippen molar-refractivity contribution in [1.29, 1.82) is 0 Å².